The van der Waals surface area contributed by atoms with Gasteiger partial charge in [0.2, 0.25) is 5.91 Å². The van der Waals surface area contributed by atoms with E-state index >= 15 is 0 Å². The number of amides is 1. The second-order valence-corrected chi connectivity index (χ2v) is 5.97. The number of carbonyl (C=O) groups is 1. The van der Waals surface area contributed by atoms with Crippen molar-refractivity contribution < 1.29 is 22.7 Å². The van der Waals surface area contributed by atoms with Crippen molar-refractivity contribution in [3.63, 3.8) is 0 Å². The second-order valence-electron chi connectivity index (χ2n) is 5.97. The predicted octanol–water partition coefficient (Wildman–Crippen LogP) is 4.35. The van der Waals surface area contributed by atoms with Crippen LogP contribution in [0.1, 0.15) is 30.5 Å². The first-order valence-corrected chi connectivity index (χ1v) is 7.92. The van der Waals surface area contributed by atoms with Crippen LogP contribution in [0.25, 0.3) is 0 Å². The number of carbonyl (C=O) groups excluding carboxylic acids is 1. The van der Waals surface area contributed by atoms with Crippen LogP contribution >= 0.6 is 0 Å². The van der Waals surface area contributed by atoms with Gasteiger partial charge in [0, 0.05) is 6.54 Å². The molecule has 0 bridgehead atoms. The Kier molecular flexibility index (Phi) is 6.07. The lowest BCUT2D eigenvalue weighted by molar-refractivity contribution is -0.137. The third-order valence-electron chi connectivity index (χ3n) is 3.38. The minimum atomic E-state index is -4.39. The number of nitrogens with one attached hydrogen (secondary N) is 1. The van der Waals surface area contributed by atoms with Gasteiger partial charge in [0.25, 0.3) is 0 Å². The fourth-order valence-electron chi connectivity index (χ4n) is 2.31. The van der Waals surface area contributed by atoms with Gasteiger partial charge < -0.3 is 10.1 Å². The molecule has 0 fully saturated rings. The van der Waals surface area contributed by atoms with Crippen molar-refractivity contribution in [3.8, 4) is 5.75 Å². The summed E-state index contributed by atoms with van der Waals surface area (Å²) in [6.45, 7) is 3.87. The average Bonchev–Trinajstić information content (AvgIpc) is 2.52. The molecule has 1 N–H and O–H groups in total. The fraction of sp³-hybridized carbons (Fsp3) is 0.316. The van der Waals surface area contributed by atoms with Crippen LogP contribution in [0.15, 0.2) is 48.5 Å². The normalized spacial score (nSPS) is 11.4. The van der Waals surface area contributed by atoms with E-state index in [1.807, 2.05) is 19.9 Å². The Bertz CT molecular complexity index is 727. The summed E-state index contributed by atoms with van der Waals surface area (Å²) in [5, 5.41) is 2.64. The molecule has 3 nitrogen and oxygen atoms in total. The monoisotopic (exact) mass is 351 g/mol. The fourth-order valence-corrected chi connectivity index (χ4v) is 2.31. The summed E-state index contributed by atoms with van der Waals surface area (Å²) < 4.78 is 43.6. The van der Waals surface area contributed by atoms with Gasteiger partial charge in [-0.15, -0.1) is 0 Å². The molecule has 2 rings (SSSR count). The van der Waals surface area contributed by atoms with E-state index in [0.717, 1.165) is 17.7 Å². The molecule has 2 aromatic carbocycles. The van der Waals surface area contributed by atoms with Gasteiger partial charge in [-0.3, -0.25) is 4.79 Å². The number of alkyl halides is 3. The van der Waals surface area contributed by atoms with E-state index in [2.05, 4.69) is 5.32 Å². The lowest BCUT2D eigenvalue weighted by Gasteiger charge is -2.11. The summed E-state index contributed by atoms with van der Waals surface area (Å²) in [4.78, 5) is 12.0. The summed E-state index contributed by atoms with van der Waals surface area (Å²) in [6, 6.07) is 12.1. The highest BCUT2D eigenvalue weighted by Crippen LogP contribution is 2.29. The standard InChI is InChI=1S/C19H20F3NO2/c1-13(2)25-17-8-4-5-14(10-17)11-18(24)23-12-15-6-3-7-16(9-15)19(20,21)22/h3-10,13H,11-12H2,1-2H3,(H,23,24). The highest BCUT2D eigenvalue weighted by Gasteiger charge is 2.30. The maximum absolute atomic E-state index is 12.7. The van der Waals surface area contributed by atoms with Crippen LogP contribution in [0.5, 0.6) is 5.75 Å². The van der Waals surface area contributed by atoms with E-state index in [-0.39, 0.29) is 25.0 Å². The van der Waals surface area contributed by atoms with E-state index in [0.29, 0.717) is 11.3 Å². The van der Waals surface area contributed by atoms with Gasteiger partial charge in [0.15, 0.2) is 0 Å². The van der Waals surface area contributed by atoms with Crippen LogP contribution in [0.3, 0.4) is 0 Å². The number of hydrogen-bond donors (Lipinski definition) is 1. The molecule has 25 heavy (non-hydrogen) atoms. The third kappa shape index (κ3) is 6.14. The number of hydrogen-bond acceptors (Lipinski definition) is 2. The van der Waals surface area contributed by atoms with Gasteiger partial charge in [-0.1, -0.05) is 24.3 Å². The summed E-state index contributed by atoms with van der Waals surface area (Å²) >= 11 is 0. The molecule has 0 aliphatic heterocycles. The van der Waals surface area contributed by atoms with Crippen LogP contribution < -0.4 is 10.1 Å². The first-order chi connectivity index (χ1) is 11.7. The highest BCUT2D eigenvalue weighted by atomic mass is 19.4. The minimum Gasteiger partial charge on any atom is -0.491 e. The number of ether oxygens (including phenoxy) is 1. The van der Waals surface area contributed by atoms with Gasteiger partial charge in [-0.25, -0.2) is 0 Å². The van der Waals surface area contributed by atoms with E-state index in [4.69, 9.17) is 4.74 Å². The Morgan fingerprint density at radius 3 is 2.44 bits per heavy atom. The summed E-state index contributed by atoms with van der Waals surface area (Å²) in [5.74, 6) is 0.414. The summed E-state index contributed by atoms with van der Waals surface area (Å²) in [6.07, 6.45) is -4.23. The van der Waals surface area contributed by atoms with Crippen molar-refractivity contribution in [1.29, 1.82) is 0 Å². The zero-order valence-electron chi connectivity index (χ0n) is 14.1. The topological polar surface area (TPSA) is 38.3 Å². The molecule has 0 aliphatic rings. The van der Waals surface area contributed by atoms with Gasteiger partial charge >= 0.3 is 6.18 Å². The Labute approximate surface area is 144 Å². The van der Waals surface area contributed by atoms with Crippen molar-refractivity contribution in [2.75, 3.05) is 0 Å². The number of benzene rings is 2. The Morgan fingerprint density at radius 2 is 1.76 bits per heavy atom. The van der Waals surface area contributed by atoms with E-state index in [1.165, 1.54) is 6.07 Å². The van der Waals surface area contributed by atoms with Gasteiger partial charge in [-0.05, 0) is 49.2 Å². The highest BCUT2D eigenvalue weighted by molar-refractivity contribution is 5.78. The third-order valence-corrected chi connectivity index (χ3v) is 3.38. The SMILES string of the molecule is CC(C)Oc1cccc(CC(=O)NCc2cccc(C(F)(F)F)c2)c1. The van der Waals surface area contributed by atoms with Crippen LogP contribution in [-0.2, 0) is 23.9 Å². The molecule has 0 radical (unpaired) electrons. The Morgan fingerprint density at radius 1 is 1.08 bits per heavy atom. The van der Waals surface area contributed by atoms with Crippen molar-refractivity contribution in [2.24, 2.45) is 0 Å². The molecule has 0 spiro atoms. The molecule has 2 aromatic rings. The van der Waals surface area contributed by atoms with Crippen molar-refractivity contribution in [2.45, 2.75) is 39.1 Å². The zero-order chi connectivity index (χ0) is 18.4. The number of rotatable bonds is 6. The Balaban J connectivity index is 1.93. The Hall–Kier alpha value is -2.50. The van der Waals surface area contributed by atoms with E-state index < -0.39 is 11.7 Å². The quantitative estimate of drug-likeness (QED) is 0.840. The number of halogens is 3. The first kappa shape index (κ1) is 18.8. The first-order valence-electron chi connectivity index (χ1n) is 7.92. The molecule has 6 heteroatoms. The average molecular weight is 351 g/mol. The molecule has 0 atom stereocenters. The van der Waals surface area contributed by atoms with Crippen molar-refractivity contribution >= 4 is 5.91 Å². The maximum atomic E-state index is 12.7. The van der Waals surface area contributed by atoms with Gasteiger partial charge in [-0.2, -0.15) is 13.2 Å². The molecule has 1 amide bonds. The maximum Gasteiger partial charge on any atom is 0.416 e. The molecule has 0 aromatic heterocycles. The van der Waals surface area contributed by atoms with Crippen molar-refractivity contribution in [3.05, 3.63) is 65.2 Å². The lowest BCUT2D eigenvalue weighted by Crippen LogP contribution is -2.24. The zero-order valence-corrected chi connectivity index (χ0v) is 14.1. The van der Waals surface area contributed by atoms with Crippen LogP contribution in [0.2, 0.25) is 0 Å². The largest absolute Gasteiger partial charge is 0.491 e. The molecule has 0 saturated heterocycles. The molecule has 134 valence electrons. The molecule has 0 unspecified atom stereocenters. The lowest BCUT2D eigenvalue weighted by atomic mass is 10.1. The minimum absolute atomic E-state index is 0.0324. The molecule has 0 heterocycles. The molecule has 0 saturated carbocycles. The predicted molar refractivity (Wildman–Crippen MR) is 89.2 cm³/mol. The van der Waals surface area contributed by atoms with Gasteiger partial charge in [0.1, 0.15) is 5.75 Å². The molecular formula is C19H20F3NO2. The van der Waals surface area contributed by atoms with Crippen LogP contribution in [-0.4, -0.2) is 12.0 Å². The van der Waals surface area contributed by atoms with Crippen molar-refractivity contribution in [1.82, 2.24) is 5.32 Å². The van der Waals surface area contributed by atoms with Crippen LogP contribution in [0, 0.1) is 0 Å². The molecular weight excluding hydrogens is 331 g/mol. The van der Waals surface area contributed by atoms with E-state index in [1.54, 1.807) is 24.3 Å². The smallest absolute Gasteiger partial charge is 0.416 e. The summed E-state index contributed by atoms with van der Waals surface area (Å²) in [7, 11) is 0. The molecule has 0 aliphatic carbocycles. The second kappa shape index (κ2) is 8.05. The van der Waals surface area contributed by atoms with Crippen LogP contribution in [0.4, 0.5) is 13.2 Å². The van der Waals surface area contributed by atoms with Gasteiger partial charge in [0.05, 0.1) is 18.1 Å². The summed E-state index contributed by atoms with van der Waals surface area (Å²) in [5.41, 5.74) is 0.456. The van der Waals surface area contributed by atoms with E-state index in [9.17, 15) is 18.0 Å².